The lowest BCUT2D eigenvalue weighted by Gasteiger charge is -2.21. The lowest BCUT2D eigenvalue weighted by Crippen LogP contribution is -2.16. The summed E-state index contributed by atoms with van der Waals surface area (Å²) in [7, 11) is 0. The second-order valence-electron chi connectivity index (χ2n) is 6.28. The minimum absolute atomic E-state index is 0.106. The highest BCUT2D eigenvalue weighted by Gasteiger charge is 2.22. The average Bonchev–Trinajstić information content (AvgIpc) is 2.90. The molecule has 0 amide bonds. The third kappa shape index (κ3) is 2.75. The first-order valence-corrected chi connectivity index (χ1v) is 7.25. The van der Waals surface area contributed by atoms with Crippen molar-refractivity contribution in [3.63, 3.8) is 0 Å². The van der Waals surface area contributed by atoms with Gasteiger partial charge in [0.1, 0.15) is 11.3 Å². The first kappa shape index (κ1) is 14.4. The molecule has 22 heavy (non-hydrogen) atoms. The molecule has 0 aliphatic heterocycles. The molecule has 2 aromatic carbocycles. The first-order valence-electron chi connectivity index (χ1n) is 7.25. The van der Waals surface area contributed by atoms with Gasteiger partial charge >= 0.3 is 5.97 Å². The van der Waals surface area contributed by atoms with Crippen LogP contribution in [0, 0.1) is 0 Å². The molecule has 3 aromatic rings. The summed E-state index contributed by atoms with van der Waals surface area (Å²) in [6.45, 7) is 6.25. The lowest BCUT2D eigenvalue weighted by atomic mass is 9.86. The zero-order valence-corrected chi connectivity index (χ0v) is 12.9. The van der Waals surface area contributed by atoms with Gasteiger partial charge in [-0.1, -0.05) is 57.2 Å². The fourth-order valence-corrected chi connectivity index (χ4v) is 2.41. The van der Waals surface area contributed by atoms with Gasteiger partial charge in [0.25, 0.3) is 0 Å². The number of para-hydroxylation sites is 2. The van der Waals surface area contributed by atoms with E-state index < -0.39 is 5.97 Å². The fourth-order valence-electron chi connectivity index (χ4n) is 2.41. The quantitative estimate of drug-likeness (QED) is 0.496. The molecule has 0 radical (unpaired) electrons. The zero-order chi connectivity index (χ0) is 15.7. The highest BCUT2D eigenvalue weighted by molar-refractivity contribution is 5.93. The Morgan fingerprint density at radius 3 is 2.41 bits per heavy atom. The molecule has 0 fully saturated rings. The van der Waals surface area contributed by atoms with Crippen LogP contribution in [0.25, 0.3) is 11.0 Å². The van der Waals surface area contributed by atoms with Crippen LogP contribution in [0.2, 0.25) is 0 Å². The Hall–Kier alpha value is -2.55. The molecule has 0 bridgehead atoms. The SMILES string of the molecule is CC(C)(C)c1ccccc1OC(=O)c1cc2ccccc2o1. The molecule has 112 valence electrons. The van der Waals surface area contributed by atoms with Crippen LogP contribution in [-0.2, 0) is 5.41 Å². The van der Waals surface area contributed by atoms with E-state index in [0.29, 0.717) is 11.3 Å². The van der Waals surface area contributed by atoms with Gasteiger partial charge < -0.3 is 9.15 Å². The predicted molar refractivity (Wildman–Crippen MR) is 86.3 cm³/mol. The van der Waals surface area contributed by atoms with Gasteiger partial charge in [0.05, 0.1) is 0 Å². The van der Waals surface area contributed by atoms with E-state index in [9.17, 15) is 4.79 Å². The summed E-state index contributed by atoms with van der Waals surface area (Å²) in [4.78, 5) is 12.3. The molecule has 0 atom stereocenters. The van der Waals surface area contributed by atoms with Gasteiger partial charge in [0.15, 0.2) is 0 Å². The minimum Gasteiger partial charge on any atom is -0.449 e. The van der Waals surface area contributed by atoms with E-state index in [1.54, 1.807) is 12.1 Å². The van der Waals surface area contributed by atoms with Gasteiger partial charge in [0.2, 0.25) is 5.76 Å². The number of carbonyl (C=O) groups is 1. The summed E-state index contributed by atoms with van der Waals surface area (Å²) in [5, 5.41) is 0.888. The Kier molecular flexibility index (Phi) is 3.49. The van der Waals surface area contributed by atoms with Gasteiger partial charge in [-0.3, -0.25) is 0 Å². The summed E-state index contributed by atoms with van der Waals surface area (Å²) in [5.41, 5.74) is 1.56. The lowest BCUT2D eigenvalue weighted by molar-refractivity contribution is 0.0701. The molecule has 1 aromatic heterocycles. The van der Waals surface area contributed by atoms with Gasteiger partial charge in [-0.2, -0.15) is 0 Å². The van der Waals surface area contributed by atoms with E-state index in [1.807, 2.05) is 42.5 Å². The van der Waals surface area contributed by atoms with Crippen LogP contribution in [0.4, 0.5) is 0 Å². The van der Waals surface area contributed by atoms with E-state index in [-0.39, 0.29) is 11.2 Å². The van der Waals surface area contributed by atoms with Crippen molar-refractivity contribution < 1.29 is 13.9 Å². The van der Waals surface area contributed by atoms with Crippen molar-refractivity contribution in [1.29, 1.82) is 0 Å². The Morgan fingerprint density at radius 2 is 1.68 bits per heavy atom. The smallest absolute Gasteiger partial charge is 0.379 e. The van der Waals surface area contributed by atoms with Crippen molar-refractivity contribution >= 4 is 16.9 Å². The molecule has 3 heteroatoms. The molecule has 3 nitrogen and oxygen atoms in total. The maximum atomic E-state index is 12.3. The number of rotatable bonds is 2. The predicted octanol–water partition coefficient (Wildman–Crippen LogP) is 4.95. The Balaban J connectivity index is 1.92. The van der Waals surface area contributed by atoms with Gasteiger partial charge in [-0.05, 0) is 23.6 Å². The van der Waals surface area contributed by atoms with Crippen molar-refractivity contribution in [2.24, 2.45) is 0 Å². The number of ether oxygens (including phenoxy) is 1. The van der Waals surface area contributed by atoms with Crippen LogP contribution < -0.4 is 4.74 Å². The highest BCUT2D eigenvalue weighted by Crippen LogP contribution is 2.31. The van der Waals surface area contributed by atoms with Crippen LogP contribution in [0.3, 0.4) is 0 Å². The Morgan fingerprint density at radius 1 is 1.00 bits per heavy atom. The summed E-state index contributed by atoms with van der Waals surface area (Å²) in [6.07, 6.45) is 0. The fraction of sp³-hybridized carbons (Fsp3) is 0.211. The molecule has 0 saturated heterocycles. The molecule has 0 aliphatic rings. The van der Waals surface area contributed by atoms with Crippen molar-refractivity contribution in [3.8, 4) is 5.75 Å². The monoisotopic (exact) mass is 294 g/mol. The van der Waals surface area contributed by atoms with Crippen LogP contribution in [0.1, 0.15) is 36.9 Å². The Labute approximate surface area is 129 Å². The molecule has 0 spiro atoms. The van der Waals surface area contributed by atoms with Crippen molar-refractivity contribution in [2.45, 2.75) is 26.2 Å². The third-order valence-electron chi connectivity index (χ3n) is 3.52. The van der Waals surface area contributed by atoms with Gasteiger partial charge in [-0.15, -0.1) is 0 Å². The molecule has 0 saturated carbocycles. The summed E-state index contributed by atoms with van der Waals surface area (Å²) in [5.74, 6) is 0.304. The molecular weight excluding hydrogens is 276 g/mol. The molecule has 1 heterocycles. The number of furan rings is 1. The summed E-state index contributed by atoms with van der Waals surface area (Å²) < 4.78 is 11.1. The maximum absolute atomic E-state index is 12.3. The number of benzene rings is 2. The second-order valence-corrected chi connectivity index (χ2v) is 6.28. The average molecular weight is 294 g/mol. The van der Waals surface area contributed by atoms with E-state index in [1.165, 1.54) is 0 Å². The molecule has 0 aliphatic carbocycles. The number of hydrogen-bond donors (Lipinski definition) is 0. The van der Waals surface area contributed by atoms with Gasteiger partial charge in [0, 0.05) is 10.9 Å². The number of carbonyl (C=O) groups excluding carboxylic acids is 1. The first-order chi connectivity index (χ1) is 10.4. The maximum Gasteiger partial charge on any atom is 0.379 e. The van der Waals surface area contributed by atoms with E-state index >= 15 is 0 Å². The van der Waals surface area contributed by atoms with E-state index in [0.717, 1.165) is 10.9 Å². The van der Waals surface area contributed by atoms with Crippen LogP contribution >= 0.6 is 0 Å². The van der Waals surface area contributed by atoms with Crippen molar-refractivity contribution in [3.05, 3.63) is 65.9 Å². The summed E-state index contributed by atoms with van der Waals surface area (Å²) >= 11 is 0. The number of esters is 1. The minimum atomic E-state index is -0.479. The number of fused-ring (bicyclic) bond motifs is 1. The van der Waals surface area contributed by atoms with E-state index in [2.05, 4.69) is 20.8 Å². The van der Waals surface area contributed by atoms with Crippen LogP contribution in [0.5, 0.6) is 5.75 Å². The molecular formula is C19H18O3. The standard InChI is InChI=1S/C19H18O3/c1-19(2,3)14-9-5-7-11-16(14)22-18(20)17-12-13-8-4-6-10-15(13)21-17/h4-12H,1-3H3. The molecule has 0 unspecified atom stereocenters. The number of hydrogen-bond acceptors (Lipinski definition) is 3. The van der Waals surface area contributed by atoms with E-state index in [4.69, 9.17) is 9.15 Å². The molecule has 3 rings (SSSR count). The highest BCUT2D eigenvalue weighted by atomic mass is 16.5. The summed E-state index contributed by atoms with van der Waals surface area (Å²) in [6, 6.07) is 16.8. The largest absolute Gasteiger partial charge is 0.449 e. The van der Waals surface area contributed by atoms with Crippen LogP contribution in [-0.4, -0.2) is 5.97 Å². The molecule has 0 N–H and O–H groups in total. The third-order valence-corrected chi connectivity index (χ3v) is 3.52. The topological polar surface area (TPSA) is 39.4 Å². The van der Waals surface area contributed by atoms with Crippen LogP contribution in [0.15, 0.2) is 59.0 Å². The van der Waals surface area contributed by atoms with Crippen molar-refractivity contribution in [1.82, 2.24) is 0 Å². The Bertz CT molecular complexity index is 789. The second kappa shape index (κ2) is 5.34. The van der Waals surface area contributed by atoms with Crippen molar-refractivity contribution in [2.75, 3.05) is 0 Å². The zero-order valence-electron chi connectivity index (χ0n) is 12.9. The van der Waals surface area contributed by atoms with Gasteiger partial charge in [-0.25, -0.2) is 4.79 Å². The normalized spacial score (nSPS) is 11.6.